The molecule has 1 atom stereocenters. The number of rotatable bonds is 6. The molecule has 2 heteroatoms. The van der Waals surface area contributed by atoms with E-state index in [0.717, 1.165) is 6.42 Å². The van der Waals surface area contributed by atoms with E-state index in [1.807, 2.05) is 17.8 Å². The van der Waals surface area contributed by atoms with Gasteiger partial charge in [-0.05, 0) is 36.2 Å². The molecule has 0 aromatic heterocycles. The summed E-state index contributed by atoms with van der Waals surface area (Å²) in [4.78, 5) is 1.60. The third kappa shape index (κ3) is 4.21. The first-order valence-electron chi connectivity index (χ1n) is 6.48. The Morgan fingerprint density at radius 1 is 1.18 bits per heavy atom. The van der Waals surface area contributed by atoms with Crippen molar-refractivity contribution in [1.82, 2.24) is 0 Å². The maximum atomic E-state index is 6.17. The number of thioether (sulfide) groups is 1. The summed E-state index contributed by atoms with van der Waals surface area (Å²) in [7, 11) is 0. The molecule has 0 bridgehead atoms. The summed E-state index contributed by atoms with van der Waals surface area (Å²) in [5.41, 5.74) is 7.44. The number of hydrogen-bond donors (Lipinski definition) is 1. The molecule has 92 valence electrons. The smallest absolute Gasteiger partial charge is 0.0294 e. The molecule has 17 heavy (non-hydrogen) atoms. The lowest BCUT2D eigenvalue weighted by Crippen LogP contribution is -2.09. The topological polar surface area (TPSA) is 26.0 Å². The minimum absolute atomic E-state index is 0.210. The highest BCUT2D eigenvalue weighted by Gasteiger charge is 2.07. The van der Waals surface area contributed by atoms with E-state index < -0.39 is 0 Å². The molecular formula is C15H21NS. The summed E-state index contributed by atoms with van der Waals surface area (Å²) in [5.74, 6) is 1.29. The van der Waals surface area contributed by atoms with E-state index in [1.165, 1.54) is 37.0 Å². The van der Waals surface area contributed by atoms with Gasteiger partial charge in [0.1, 0.15) is 0 Å². The van der Waals surface area contributed by atoms with Gasteiger partial charge in [-0.25, -0.2) is 0 Å². The van der Waals surface area contributed by atoms with Crippen LogP contribution in [0.1, 0.15) is 43.7 Å². The van der Waals surface area contributed by atoms with Gasteiger partial charge in [-0.2, -0.15) is 0 Å². The van der Waals surface area contributed by atoms with Crippen LogP contribution in [0.4, 0.5) is 0 Å². The summed E-state index contributed by atoms with van der Waals surface area (Å²) in [5, 5.41) is 0. The minimum atomic E-state index is 0.210. The standard InChI is InChI=1S/C15H21NS/c16-15(13-7-2-1-3-8-13)11-5-4-9-14-10-6-12-17-14/h1-3,7-8,10,15H,4-6,9,11-12,16H2. The lowest BCUT2D eigenvalue weighted by atomic mass is 10.0. The Labute approximate surface area is 108 Å². The monoisotopic (exact) mass is 247 g/mol. The Morgan fingerprint density at radius 3 is 2.71 bits per heavy atom. The zero-order valence-corrected chi connectivity index (χ0v) is 11.1. The zero-order valence-electron chi connectivity index (χ0n) is 10.3. The second-order valence-electron chi connectivity index (χ2n) is 4.57. The fourth-order valence-electron chi connectivity index (χ4n) is 2.17. The van der Waals surface area contributed by atoms with Crippen molar-refractivity contribution in [2.75, 3.05) is 5.75 Å². The second kappa shape index (κ2) is 6.87. The van der Waals surface area contributed by atoms with Gasteiger partial charge in [0.15, 0.2) is 0 Å². The Balaban J connectivity index is 1.65. The first-order valence-corrected chi connectivity index (χ1v) is 7.47. The van der Waals surface area contributed by atoms with E-state index in [2.05, 4.69) is 30.3 Å². The molecular weight excluding hydrogens is 226 g/mol. The van der Waals surface area contributed by atoms with Crippen molar-refractivity contribution in [3.63, 3.8) is 0 Å². The highest BCUT2D eigenvalue weighted by molar-refractivity contribution is 8.03. The number of allylic oxidation sites excluding steroid dienone is 2. The molecule has 0 spiro atoms. The van der Waals surface area contributed by atoms with Gasteiger partial charge in [0.25, 0.3) is 0 Å². The average molecular weight is 247 g/mol. The summed E-state index contributed by atoms with van der Waals surface area (Å²) < 4.78 is 0. The molecule has 0 amide bonds. The molecule has 0 saturated heterocycles. The van der Waals surface area contributed by atoms with Crippen molar-refractivity contribution in [1.29, 1.82) is 0 Å². The maximum Gasteiger partial charge on any atom is 0.0294 e. The van der Waals surface area contributed by atoms with Gasteiger partial charge >= 0.3 is 0 Å². The summed E-state index contributed by atoms with van der Waals surface area (Å²) in [6.07, 6.45) is 8.52. The number of nitrogens with two attached hydrogens (primary N) is 1. The van der Waals surface area contributed by atoms with Gasteiger partial charge in [-0.15, -0.1) is 11.8 Å². The van der Waals surface area contributed by atoms with Gasteiger partial charge in [0.05, 0.1) is 0 Å². The second-order valence-corrected chi connectivity index (χ2v) is 5.79. The van der Waals surface area contributed by atoms with Gasteiger partial charge < -0.3 is 5.73 Å². The molecule has 1 nitrogen and oxygen atoms in total. The highest BCUT2D eigenvalue weighted by Crippen LogP contribution is 2.29. The van der Waals surface area contributed by atoms with Crippen LogP contribution in [-0.2, 0) is 0 Å². The van der Waals surface area contributed by atoms with Gasteiger partial charge in [-0.1, -0.05) is 42.8 Å². The summed E-state index contributed by atoms with van der Waals surface area (Å²) in [6.45, 7) is 0. The Kier molecular flexibility index (Phi) is 5.14. The molecule has 2 rings (SSSR count). The van der Waals surface area contributed by atoms with Crippen molar-refractivity contribution in [3.05, 3.63) is 46.9 Å². The lowest BCUT2D eigenvalue weighted by molar-refractivity contribution is 0.589. The molecule has 0 fully saturated rings. The Bertz CT molecular complexity index is 358. The minimum Gasteiger partial charge on any atom is -0.324 e. The van der Waals surface area contributed by atoms with E-state index in [-0.39, 0.29) is 6.04 Å². The molecule has 1 aliphatic rings. The van der Waals surface area contributed by atoms with E-state index in [0.29, 0.717) is 0 Å². The predicted octanol–water partition coefficient (Wildman–Crippen LogP) is 4.27. The van der Waals surface area contributed by atoms with Crippen LogP contribution < -0.4 is 5.73 Å². The molecule has 1 aromatic carbocycles. The van der Waals surface area contributed by atoms with Gasteiger partial charge in [-0.3, -0.25) is 0 Å². The van der Waals surface area contributed by atoms with Crippen LogP contribution in [0.15, 0.2) is 41.3 Å². The van der Waals surface area contributed by atoms with Crippen molar-refractivity contribution in [3.8, 4) is 0 Å². The largest absolute Gasteiger partial charge is 0.324 e. The van der Waals surface area contributed by atoms with Crippen molar-refractivity contribution in [2.45, 2.75) is 38.1 Å². The van der Waals surface area contributed by atoms with Crippen LogP contribution >= 0.6 is 11.8 Å². The van der Waals surface area contributed by atoms with E-state index in [4.69, 9.17) is 5.73 Å². The van der Waals surface area contributed by atoms with Crippen molar-refractivity contribution < 1.29 is 0 Å². The number of hydrogen-bond acceptors (Lipinski definition) is 2. The van der Waals surface area contributed by atoms with Crippen molar-refractivity contribution in [2.24, 2.45) is 5.73 Å². The van der Waals surface area contributed by atoms with Crippen LogP contribution in [0.3, 0.4) is 0 Å². The normalized spacial score (nSPS) is 16.9. The number of unbranched alkanes of at least 4 members (excludes halogenated alkanes) is 1. The van der Waals surface area contributed by atoms with Crippen LogP contribution in [0, 0.1) is 0 Å². The van der Waals surface area contributed by atoms with Crippen LogP contribution in [-0.4, -0.2) is 5.75 Å². The quantitative estimate of drug-likeness (QED) is 0.760. The van der Waals surface area contributed by atoms with E-state index >= 15 is 0 Å². The van der Waals surface area contributed by atoms with Crippen LogP contribution in [0.2, 0.25) is 0 Å². The van der Waals surface area contributed by atoms with Crippen molar-refractivity contribution >= 4 is 11.8 Å². The molecule has 1 aromatic rings. The van der Waals surface area contributed by atoms with Gasteiger partial charge in [0.2, 0.25) is 0 Å². The first-order chi connectivity index (χ1) is 8.36. The van der Waals surface area contributed by atoms with Gasteiger partial charge in [0, 0.05) is 11.8 Å². The Hall–Kier alpha value is -0.730. The van der Waals surface area contributed by atoms with Crippen LogP contribution in [0.25, 0.3) is 0 Å². The molecule has 1 unspecified atom stereocenters. The molecule has 1 heterocycles. The summed E-state index contributed by atoms with van der Waals surface area (Å²) >= 11 is 2.03. The highest BCUT2D eigenvalue weighted by atomic mass is 32.2. The average Bonchev–Trinajstić information content (AvgIpc) is 2.88. The summed E-state index contributed by atoms with van der Waals surface area (Å²) in [6, 6.07) is 10.6. The lowest BCUT2D eigenvalue weighted by Gasteiger charge is -2.11. The predicted molar refractivity (Wildman–Crippen MR) is 77.0 cm³/mol. The molecule has 0 radical (unpaired) electrons. The number of benzene rings is 1. The molecule has 0 aliphatic carbocycles. The van der Waals surface area contributed by atoms with Crippen LogP contribution in [0.5, 0.6) is 0 Å². The molecule has 2 N–H and O–H groups in total. The maximum absolute atomic E-state index is 6.17. The third-order valence-electron chi connectivity index (χ3n) is 3.19. The Morgan fingerprint density at radius 2 is 2.00 bits per heavy atom. The molecule has 1 aliphatic heterocycles. The van der Waals surface area contributed by atoms with E-state index in [1.54, 1.807) is 4.91 Å². The van der Waals surface area contributed by atoms with E-state index in [9.17, 15) is 0 Å². The first kappa shape index (κ1) is 12.7. The molecule has 0 saturated carbocycles. The fourth-order valence-corrected chi connectivity index (χ4v) is 3.20. The third-order valence-corrected chi connectivity index (χ3v) is 4.37. The zero-order chi connectivity index (χ0) is 11.9. The fraction of sp³-hybridized carbons (Fsp3) is 0.467. The SMILES string of the molecule is NC(CCCCC1=CCCS1)c1ccccc1.